The van der Waals surface area contributed by atoms with Gasteiger partial charge in [-0.1, -0.05) is 31.0 Å². The number of hydrogen-bond donors (Lipinski definition) is 5. The average Bonchev–Trinajstić information content (AvgIpc) is 3.67. The SMILES string of the molecule is COC(=O)[C@H](C)N[P@](=O)(OC[C@H]1O[C@@H](N2CNc3c(NC4CCCC4)nc(N)nc32)[C@](C)(F)[C@@H]1O)Oc1ccccc1. The highest BCUT2D eigenvalue weighted by Crippen LogP contribution is 2.48. The van der Waals surface area contributed by atoms with Gasteiger partial charge in [-0.25, -0.2) is 8.96 Å². The Labute approximate surface area is 243 Å². The number of esters is 1. The molecule has 230 valence electrons. The van der Waals surface area contributed by atoms with E-state index in [1.165, 1.54) is 25.9 Å². The second-order valence-corrected chi connectivity index (χ2v) is 12.4. The number of carbonyl (C=O) groups excluding carboxylic acids is 1. The van der Waals surface area contributed by atoms with Crippen molar-refractivity contribution in [2.75, 3.05) is 41.7 Å². The molecule has 3 aliphatic rings. The minimum atomic E-state index is -4.25. The second kappa shape index (κ2) is 12.2. The molecule has 2 fully saturated rings. The summed E-state index contributed by atoms with van der Waals surface area (Å²) < 4.78 is 51.7. The van der Waals surface area contributed by atoms with E-state index < -0.39 is 50.5 Å². The zero-order chi connectivity index (χ0) is 30.1. The van der Waals surface area contributed by atoms with Crippen LogP contribution in [0.25, 0.3) is 0 Å². The lowest BCUT2D eigenvalue weighted by Gasteiger charge is -2.31. The Balaban J connectivity index is 1.33. The van der Waals surface area contributed by atoms with Crippen molar-refractivity contribution in [1.29, 1.82) is 0 Å². The van der Waals surface area contributed by atoms with E-state index in [0.29, 0.717) is 17.3 Å². The summed E-state index contributed by atoms with van der Waals surface area (Å²) >= 11 is 0. The lowest BCUT2D eigenvalue weighted by Crippen LogP contribution is -2.50. The number of aliphatic hydroxyl groups excluding tert-OH is 1. The monoisotopic (exact) mass is 609 g/mol. The Kier molecular flexibility index (Phi) is 8.76. The van der Waals surface area contributed by atoms with Crippen LogP contribution in [0.3, 0.4) is 0 Å². The number of aliphatic hydroxyl groups is 1. The molecule has 2 aromatic rings. The van der Waals surface area contributed by atoms with E-state index >= 15 is 4.39 Å². The van der Waals surface area contributed by atoms with Gasteiger partial charge in [0, 0.05) is 6.04 Å². The number of aromatic nitrogens is 2. The fraction of sp³-hybridized carbons (Fsp3) is 0.577. The number of para-hydroxylation sites is 1. The van der Waals surface area contributed by atoms with Crippen molar-refractivity contribution in [3.05, 3.63) is 30.3 Å². The van der Waals surface area contributed by atoms with Crippen LogP contribution in [0.15, 0.2) is 30.3 Å². The van der Waals surface area contributed by atoms with Crippen molar-refractivity contribution in [2.45, 2.75) is 75.7 Å². The highest BCUT2D eigenvalue weighted by atomic mass is 31.2. The van der Waals surface area contributed by atoms with Gasteiger partial charge in [-0.3, -0.25) is 9.32 Å². The van der Waals surface area contributed by atoms with Crippen molar-refractivity contribution in [2.24, 2.45) is 0 Å². The Hall–Kier alpha value is -3.23. The van der Waals surface area contributed by atoms with Crippen LogP contribution >= 0.6 is 7.75 Å². The van der Waals surface area contributed by atoms with Gasteiger partial charge >= 0.3 is 13.7 Å². The molecule has 0 unspecified atom stereocenters. The van der Waals surface area contributed by atoms with E-state index in [4.69, 9.17) is 24.3 Å². The number of nitrogens with one attached hydrogen (secondary N) is 3. The van der Waals surface area contributed by atoms with Crippen molar-refractivity contribution in [1.82, 2.24) is 15.1 Å². The number of nitrogens with two attached hydrogens (primary N) is 1. The van der Waals surface area contributed by atoms with Crippen molar-refractivity contribution in [3.8, 4) is 5.75 Å². The second-order valence-electron chi connectivity index (χ2n) is 10.8. The van der Waals surface area contributed by atoms with E-state index in [2.05, 4.69) is 25.7 Å². The van der Waals surface area contributed by atoms with Crippen LogP contribution in [-0.4, -0.2) is 77.6 Å². The number of nitrogens with zero attached hydrogens (tertiary/aromatic N) is 3. The summed E-state index contributed by atoms with van der Waals surface area (Å²) in [5, 5.41) is 20.1. The summed E-state index contributed by atoms with van der Waals surface area (Å²) in [5.74, 6) is 0.359. The standard InChI is InChI=1S/C26H37FN7O7P/c1-15(23(36)38-3)33-42(37,41-17-11-5-4-6-12-17)39-13-18-20(35)26(2,27)24(40-18)34-14-29-19-21(30-16-9-7-8-10-16)31-25(28)32-22(19)34/h4-6,11-12,15-16,18,20,24,29,35H,7-10,13-14H2,1-3H3,(H,33,37)(H3,28,30,31,32)/t15-,18+,20+,24+,26+,42-/m0/s1. The molecule has 1 aliphatic carbocycles. The predicted molar refractivity (Wildman–Crippen MR) is 153 cm³/mol. The summed E-state index contributed by atoms with van der Waals surface area (Å²) in [7, 11) is -3.06. The maximum atomic E-state index is 16.2. The molecule has 1 saturated heterocycles. The summed E-state index contributed by atoms with van der Waals surface area (Å²) in [6.45, 7) is 2.22. The quantitative estimate of drug-likeness (QED) is 0.185. The maximum absolute atomic E-state index is 16.2. The molecular weight excluding hydrogens is 572 g/mol. The van der Waals surface area contributed by atoms with Gasteiger partial charge < -0.3 is 40.4 Å². The Morgan fingerprint density at radius 3 is 2.74 bits per heavy atom. The molecule has 1 aromatic carbocycles. The zero-order valence-corrected chi connectivity index (χ0v) is 24.6. The first-order valence-corrected chi connectivity index (χ1v) is 15.4. The zero-order valence-electron chi connectivity index (χ0n) is 23.7. The lowest BCUT2D eigenvalue weighted by atomic mass is 9.98. The van der Waals surface area contributed by atoms with Gasteiger partial charge in [0.1, 0.15) is 29.7 Å². The van der Waals surface area contributed by atoms with Crippen molar-refractivity contribution < 1.29 is 37.4 Å². The summed E-state index contributed by atoms with van der Waals surface area (Å²) in [4.78, 5) is 22.2. The smallest absolute Gasteiger partial charge is 0.459 e. The Morgan fingerprint density at radius 2 is 2.05 bits per heavy atom. The summed E-state index contributed by atoms with van der Waals surface area (Å²) in [5.41, 5.74) is 4.28. The number of anilines is 4. The summed E-state index contributed by atoms with van der Waals surface area (Å²) in [6, 6.07) is 7.36. The average molecular weight is 610 g/mol. The molecule has 0 radical (unpaired) electrons. The van der Waals surface area contributed by atoms with Crippen LogP contribution in [0.5, 0.6) is 5.75 Å². The molecule has 6 atom stereocenters. The van der Waals surface area contributed by atoms with Crippen LogP contribution in [0.2, 0.25) is 0 Å². The van der Waals surface area contributed by atoms with Crippen LogP contribution in [0.4, 0.5) is 27.7 Å². The Bertz CT molecular complexity index is 1320. The maximum Gasteiger partial charge on any atom is 0.459 e. The molecule has 16 heteroatoms. The number of nitrogen functional groups attached to an aromatic ring is 1. The molecule has 6 N–H and O–H groups in total. The number of benzene rings is 1. The number of carbonyl (C=O) groups is 1. The van der Waals surface area contributed by atoms with Crippen LogP contribution < -0.4 is 30.9 Å². The van der Waals surface area contributed by atoms with Gasteiger partial charge in [0.25, 0.3) is 0 Å². The molecule has 3 heterocycles. The first-order chi connectivity index (χ1) is 20.0. The molecule has 42 heavy (non-hydrogen) atoms. The van der Waals surface area contributed by atoms with Gasteiger partial charge in [-0.2, -0.15) is 15.1 Å². The third kappa shape index (κ3) is 6.25. The fourth-order valence-corrected chi connectivity index (χ4v) is 6.88. The van der Waals surface area contributed by atoms with Gasteiger partial charge in [-0.15, -0.1) is 0 Å². The highest BCUT2D eigenvalue weighted by molar-refractivity contribution is 7.52. The van der Waals surface area contributed by atoms with E-state index in [-0.39, 0.29) is 24.4 Å². The minimum Gasteiger partial charge on any atom is -0.468 e. The molecule has 14 nitrogen and oxygen atoms in total. The molecule has 5 rings (SSSR count). The number of ether oxygens (including phenoxy) is 2. The number of halogens is 1. The highest BCUT2D eigenvalue weighted by Gasteiger charge is 2.58. The van der Waals surface area contributed by atoms with Crippen LogP contribution in [0, 0.1) is 0 Å². The first kappa shape index (κ1) is 30.2. The number of alkyl halides is 1. The van der Waals surface area contributed by atoms with Gasteiger partial charge in [-0.05, 0) is 38.8 Å². The van der Waals surface area contributed by atoms with Crippen molar-refractivity contribution in [3.63, 3.8) is 0 Å². The number of methoxy groups -OCH3 is 1. The Morgan fingerprint density at radius 1 is 1.33 bits per heavy atom. The van der Waals surface area contributed by atoms with Crippen LogP contribution in [0.1, 0.15) is 39.5 Å². The molecule has 0 amide bonds. The normalized spacial score (nSPS) is 27.6. The predicted octanol–water partition coefficient (Wildman–Crippen LogP) is 2.77. The number of rotatable bonds is 11. The lowest BCUT2D eigenvalue weighted by molar-refractivity contribution is -0.142. The molecule has 0 spiro atoms. The van der Waals surface area contributed by atoms with E-state index in [1.807, 2.05) is 0 Å². The van der Waals surface area contributed by atoms with Crippen LogP contribution in [-0.2, 0) is 23.4 Å². The fourth-order valence-electron chi connectivity index (χ4n) is 5.38. The summed E-state index contributed by atoms with van der Waals surface area (Å²) in [6.07, 6.45) is 0.0262. The van der Waals surface area contributed by atoms with Gasteiger partial charge in [0.05, 0.1) is 20.4 Å². The molecule has 0 bridgehead atoms. The van der Waals surface area contributed by atoms with E-state index in [1.54, 1.807) is 30.3 Å². The van der Waals surface area contributed by atoms with E-state index in [0.717, 1.165) is 25.7 Å². The third-order valence-electron chi connectivity index (χ3n) is 7.59. The molecule has 1 aromatic heterocycles. The first-order valence-electron chi connectivity index (χ1n) is 13.8. The van der Waals surface area contributed by atoms with Crippen molar-refractivity contribution >= 4 is 37.0 Å². The molecule has 1 saturated carbocycles. The van der Waals surface area contributed by atoms with Gasteiger partial charge in [0.2, 0.25) is 5.95 Å². The number of fused-ring (bicyclic) bond motifs is 1. The largest absolute Gasteiger partial charge is 0.468 e. The number of hydrogen-bond acceptors (Lipinski definition) is 13. The van der Waals surface area contributed by atoms with E-state index in [9.17, 15) is 14.5 Å². The molecule has 2 aliphatic heterocycles. The minimum absolute atomic E-state index is 0.00624. The molecular formula is C26H37FN7O7P. The third-order valence-corrected chi connectivity index (χ3v) is 9.23. The van der Waals surface area contributed by atoms with Gasteiger partial charge in [0.15, 0.2) is 23.5 Å². The topological polar surface area (TPSA) is 182 Å².